The number of primary amides is 1. The summed E-state index contributed by atoms with van der Waals surface area (Å²) in [5, 5.41) is 10.1. The van der Waals surface area contributed by atoms with Crippen molar-refractivity contribution in [1.82, 2.24) is 0 Å². The molecule has 1 amide bonds. The molecule has 5 nitrogen and oxygen atoms in total. The molecule has 5 heteroatoms. The van der Waals surface area contributed by atoms with Gasteiger partial charge in [-0.25, -0.2) is 0 Å². The third-order valence-corrected chi connectivity index (χ3v) is 3.50. The number of rotatable bonds is 6. The molecule has 0 fully saturated rings. The first-order valence-electron chi connectivity index (χ1n) is 6.54. The molecule has 1 aromatic carbocycles. The van der Waals surface area contributed by atoms with E-state index in [1.165, 1.54) is 19.2 Å². The highest BCUT2D eigenvalue weighted by atomic mass is 16.5. The van der Waals surface area contributed by atoms with Crippen molar-refractivity contribution in [1.29, 1.82) is 0 Å². The Bertz CT molecular complexity index is 513. The quantitative estimate of drug-likeness (QED) is 0.780. The minimum absolute atomic E-state index is 0.0508. The molecular weight excluding hydrogens is 258 g/mol. The van der Waals surface area contributed by atoms with Crippen LogP contribution in [0.5, 0.6) is 5.75 Å². The van der Waals surface area contributed by atoms with Gasteiger partial charge in [0.1, 0.15) is 5.75 Å². The third-order valence-electron chi connectivity index (χ3n) is 3.50. The lowest BCUT2D eigenvalue weighted by Gasteiger charge is -2.29. The van der Waals surface area contributed by atoms with E-state index >= 15 is 0 Å². The minimum Gasteiger partial charge on any atom is -0.508 e. The fourth-order valence-electron chi connectivity index (χ4n) is 2.43. The second-order valence-corrected chi connectivity index (χ2v) is 5.16. The molecule has 3 N–H and O–H groups in total. The van der Waals surface area contributed by atoms with E-state index in [9.17, 15) is 14.7 Å². The first kappa shape index (κ1) is 16.0. The van der Waals surface area contributed by atoms with Crippen molar-refractivity contribution in [3.05, 3.63) is 29.3 Å². The van der Waals surface area contributed by atoms with Crippen LogP contribution >= 0.6 is 0 Å². The molecule has 0 aromatic heterocycles. The molecular formula is C15H21NO4. The highest BCUT2D eigenvalue weighted by Crippen LogP contribution is 2.38. The largest absolute Gasteiger partial charge is 0.508 e. The van der Waals surface area contributed by atoms with Crippen LogP contribution in [0.15, 0.2) is 18.2 Å². The van der Waals surface area contributed by atoms with Crippen LogP contribution < -0.4 is 5.73 Å². The maximum atomic E-state index is 11.6. The second kappa shape index (κ2) is 6.41. The van der Waals surface area contributed by atoms with Crippen LogP contribution in [0.1, 0.15) is 49.0 Å². The number of ether oxygens (including phenoxy) is 1. The Kier molecular flexibility index (Phi) is 5.13. The maximum Gasteiger partial charge on any atom is 0.306 e. The molecule has 0 heterocycles. The Balaban J connectivity index is 3.29. The highest BCUT2D eigenvalue weighted by Gasteiger charge is 2.32. The predicted octanol–water partition coefficient (Wildman–Crippen LogP) is 2.11. The van der Waals surface area contributed by atoms with Crippen molar-refractivity contribution in [2.75, 3.05) is 7.11 Å². The summed E-state index contributed by atoms with van der Waals surface area (Å²) in [5.74, 6) is -0.872. The summed E-state index contributed by atoms with van der Waals surface area (Å²) in [6.07, 6.45) is 1.64. The van der Waals surface area contributed by atoms with Crippen LogP contribution in [-0.2, 0) is 14.9 Å². The van der Waals surface area contributed by atoms with Gasteiger partial charge in [0.15, 0.2) is 0 Å². The maximum absolute atomic E-state index is 11.6. The number of methoxy groups -OCH3 is 1. The lowest BCUT2D eigenvalue weighted by atomic mass is 9.75. The number of amides is 1. The number of esters is 1. The van der Waals surface area contributed by atoms with Crippen LogP contribution in [-0.4, -0.2) is 24.1 Å². The fraction of sp³-hybridized carbons (Fsp3) is 0.467. The SMILES string of the molecule is CCC[C@@](C)(CC(=O)OC)c1cc(C(N)=O)ccc1O. The van der Waals surface area contributed by atoms with Gasteiger partial charge in [-0.1, -0.05) is 20.3 Å². The number of nitrogens with two attached hydrogens (primary N) is 1. The zero-order valence-corrected chi connectivity index (χ0v) is 12.1. The highest BCUT2D eigenvalue weighted by molar-refractivity contribution is 5.93. The summed E-state index contributed by atoms with van der Waals surface area (Å²) >= 11 is 0. The number of phenols is 1. The van der Waals surface area contributed by atoms with Gasteiger partial charge in [-0.2, -0.15) is 0 Å². The topological polar surface area (TPSA) is 89.6 Å². The Hall–Kier alpha value is -2.04. The molecule has 0 saturated carbocycles. The van der Waals surface area contributed by atoms with E-state index in [1.807, 2.05) is 13.8 Å². The van der Waals surface area contributed by atoms with Crippen LogP contribution in [0.2, 0.25) is 0 Å². The van der Waals surface area contributed by atoms with Crippen molar-refractivity contribution in [3.63, 3.8) is 0 Å². The van der Waals surface area contributed by atoms with E-state index < -0.39 is 11.3 Å². The molecule has 0 aliphatic heterocycles. The number of carbonyl (C=O) groups excluding carboxylic acids is 2. The standard InChI is InChI=1S/C15H21NO4/c1-4-7-15(2,9-13(18)20-3)11-8-10(14(16)19)5-6-12(11)17/h5-6,8,17H,4,7,9H2,1-3H3,(H2,16,19)/t15-/m0/s1. The van der Waals surface area contributed by atoms with Crippen molar-refractivity contribution in [3.8, 4) is 5.75 Å². The Labute approximate surface area is 118 Å². The first-order chi connectivity index (χ1) is 9.34. The summed E-state index contributed by atoms with van der Waals surface area (Å²) in [7, 11) is 1.33. The molecule has 0 spiro atoms. The predicted molar refractivity (Wildman–Crippen MR) is 75.5 cm³/mol. The van der Waals surface area contributed by atoms with Gasteiger partial charge >= 0.3 is 5.97 Å². The minimum atomic E-state index is -0.600. The number of hydrogen-bond donors (Lipinski definition) is 2. The Morgan fingerprint density at radius 1 is 1.40 bits per heavy atom. The number of carbonyl (C=O) groups is 2. The average molecular weight is 279 g/mol. The van der Waals surface area contributed by atoms with E-state index in [1.54, 1.807) is 6.07 Å². The normalized spacial score (nSPS) is 13.6. The second-order valence-electron chi connectivity index (χ2n) is 5.16. The van der Waals surface area contributed by atoms with Gasteiger partial charge in [0, 0.05) is 16.5 Å². The molecule has 1 aromatic rings. The summed E-state index contributed by atoms with van der Waals surface area (Å²) in [6.45, 7) is 3.86. The van der Waals surface area contributed by atoms with Gasteiger partial charge in [0.25, 0.3) is 0 Å². The molecule has 0 radical (unpaired) electrons. The van der Waals surface area contributed by atoms with Gasteiger partial charge in [-0.05, 0) is 24.6 Å². The van der Waals surface area contributed by atoms with Gasteiger partial charge in [-0.3, -0.25) is 9.59 Å². The molecule has 0 aliphatic rings. The summed E-state index contributed by atoms with van der Waals surface area (Å²) in [4.78, 5) is 22.9. The lowest BCUT2D eigenvalue weighted by molar-refractivity contribution is -0.142. The molecule has 0 bridgehead atoms. The monoisotopic (exact) mass is 279 g/mol. The van der Waals surface area contributed by atoms with Crippen molar-refractivity contribution >= 4 is 11.9 Å². The van der Waals surface area contributed by atoms with E-state index in [0.717, 1.165) is 6.42 Å². The molecule has 110 valence electrons. The lowest BCUT2D eigenvalue weighted by Crippen LogP contribution is -2.27. The first-order valence-corrected chi connectivity index (χ1v) is 6.54. The van der Waals surface area contributed by atoms with Crippen LogP contribution in [0.25, 0.3) is 0 Å². The average Bonchev–Trinajstić information content (AvgIpc) is 2.38. The molecule has 20 heavy (non-hydrogen) atoms. The van der Waals surface area contributed by atoms with E-state index in [-0.39, 0.29) is 18.1 Å². The van der Waals surface area contributed by atoms with Crippen LogP contribution in [0, 0.1) is 0 Å². The summed E-state index contributed by atoms with van der Waals surface area (Å²) in [6, 6.07) is 4.45. The zero-order valence-electron chi connectivity index (χ0n) is 12.1. The van der Waals surface area contributed by atoms with Crippen LogP contribution in [0.4, 0.5) is 0 Å². The van der Waals surface area contributed by atoms with Gasteiger partial charge in [-0.15, -0.1) is 0 Å². The van der Waals surface area contributed by atoms with Gasteiger partial charge in [0.05, 0.1) is 13.5 Å². The van der Waals surface area contributed by atoms with Crippen molar-refractivity contribution in [2.24, 2.45) is 5.73 Å². The summed E-state index contributed by atoms with van der Waals surface area (Å²) in [5.41, 5.74) is 5.52. The summed E-state index contributed by atoms with van der Waals surface area (Å²) < 4.78 is 4.72. The van der Waals surface area contributed by atoms with Gasteiger partial charge < -0.3 is 15.6 Å². The molecule has 0 aliphatic carbocycles. The zero-order chi connectivity index (χ0) is 15.3. The Morgan fingerprint density at radius 2 is 2.05 bits per heavy atom. The molecule has 1 atom stereocenters. The van der Waals surface area contributed by atoms with Gasteiger partial charge in [0.2, 0.25) is 5.91 Å². The molecule has 0 saturated heterocycles. The van der Waals surface area contributed by atoms with Crippen LogP contribution in [0.3, 0.4) is 0 Å². The molecule has 1 rings (SSSR count). The molecule has 0 unspecified atom stereocenters. The smallest absolute Gasteiger partial charge is 0.306 e. The Morgan fingerprint density at radius 3 is 2.55 bits per heavy atom. The van der Waals surface area contributed by atoms with E-state index in [2.05, 4.69) is 0 Å². The number of benzene rings is 1. The van der Waals surface area contributed by atoms with E-state index in [0.29, 0.717) is 17.5 Å². The number of aromatic hydroxyl groups is 1. The fourth-order valence-corrected chi connectivity index (χ4v) is 2.43. The van der Waals surface area contributed by atoms with Crippen molar-refractivity contribution < 1.29 is 19.4 Å². The number of hydrogen-bond acceptors (Lipinski definition) is 4. The third kappa shape index (κ3) is 3.50. The number of phenolic OH excluding ortho intramolecular Hbond substituents is 1. The van der Waals surface area contributed by atoms with Crippen molar-refractivity contribution in [2.45, 2.75) is 38.5 Å². The van der Waals surface area contributed by atoms with E-state index in [4.69, 9.17) is 10.5 Å².